The number of anilines is 2. The molecule has 3 aromatic rings. The molecule has 2 atom stereocenters. The highest BCUT2D eigenvalue weighted by Crippen LogP contribution is 2.37. The summed E-state index contributed by atoms with van der Waals surface area (Å²) in [6, 6.07) is 5.99. The standard InChI is InChI=1S/C24H32N6O3/c1-15(2)27-23(31)33-18-8-6-16(10-18)19-11-22(30(29-19)24(3,4)5)28-21-9-7-17(12-26-21)20-13-25-14-32-20/h7,9,11-16,18H,6,8,10H2,1-5H3,(H,26,28)(H,27,31)/t16-,18+/m0/s1. The average molecular weight is 453 g/mol. The predicted molar refractivity (Wildman–Crippen MR) is 125 cm³/mol. The third kappa shape index (κ3) is 5.53. The van der Waals surface area contributed by atoms with Crippen LogP contribution in [0.1, 0.15) is 65.5 Å². The van der Waals surface area contributed by atoms with Gasteiger partial charge in [0, 0.05) is 29.8 Å². The van der Waals surface area contributed by atoms with Gasteiger partial charge in [0.2, 0.25) is 0 Å². The van der Waals surface area contributed by atoms with E-state index in [2.05, 4.69) is 47.4 Å². The number of alkyl carbamates (subject to hydrolysis) is 1. The summed E-state index contributed by atoms with van der Waals surface area (Å²) in [6.45, 7) is 10.2. The van der Waals surface area contributed by atoms with Gasteiger partial charge < -0.3 is 19.8 Å². The van der Waals surface area contributed by atoms with Gasteiger partial charge in [-0.25, -0.2) is 19.4 Å². The van der Waals surface area contributed by atoms with Crippen LogP contribution < -0.4 is 10.6 Å². The number of amides is 1. The van der Waals surface area contributed by atoms with Gasteiger partial charge in [-0.1, -0.05) is 0 Å². The van der Waals surface area contributed by atoms with Gasteiger partial charge in [-0.2, -0.15) is 5.10 Å². The van der Waals surface area contributed by atoms with Crippen molar-refractivity contribution in [1.82, 2.24) is 25.1 Å². The van der Waals surface area contributed by atoms with Crippen LogP contribution in [0.3, 0.4) is 0 Å². The van der Waals surface area contributed by atoms with Crippen molar-refractivity contribution in [3.05, 3.63) is 42.7 Å². The summed E-state index contributed by atoms with van der Waals surface area (Å²) in [5.74, 6) is 2.51. The molecular weight excluding hydrogens is 420 g/mol. The predicted octanol–water partition coefficient (Wildman–Crippen LogP) is 5.20. The molecule has 33 heavy (non-hydrogen) atoms. The maximum absolute atomic E-state index is 12.0. The lowest BCUT2D eigenvalue weighted by Gasteiger charge is -2.22. The largest absolute Gasteiger partial charge is 0.446 e. The molecule has 0 aliphatic heterocycles. The van der Waals surface area contributed by atoms with Crippen molar-refractivity contribution in [3.63, 3.8) is 0 Å². The third-order valence-corrected chi connectivity index (χ3v) is 5.58. The first kappa shape index (κ1) is 22.8. The first-order chi connectivity index (χ1) is 15.7. The third-order valence-electron chi connectivity index (χ3n) is 5.58. The Bertz CT molecular complexity index is 1070. The van der Waals surface area contributed by atoms with E-state index in [1.165, 1.54) is 6.39 Å². The molecule has 0 aromatic carbocycles. The van der Waals surface area contributed by atoms with E-state index in [1.54, 1.807) is 12.4 Å². The van der Waals surface area contributed by atoms with E-state index >= 15 is 0 Å². The molecule has 0 radical (unpaired) electrons. The van der Waals surface area contributed by atoms with Gasteiger partial charge in [-0.15, -0.1) is 0 Å². The summed E-state index contributed by atoms with van der Waals surface area (Å²) in [7, 11) is 0. The second kappa shape index (κ2) is 9.25. The van der Waals surface area contributed by atoms with Gasteiger partial charge in [0.25, 0.3) is 0 Å². The van der Waals surface area contributed by atoms with E-state index in [9.17, 15) is 4.79 Å². The molecule has 1 amide bonds. The lowest BCUT2D eigenvalue weighted by molar-refractivity contribution is 0.0981. The van der Waals surface area contributed by atoms with Gasteiger partial charge >= 0.3 is 6.09 Å². The van der Waals surface area contributed by atoms with E-state index in [-0.39, 0.29) is 29.7 Å². The normalized spacial score (nSPS) is 18.5. The number of carbonyl (C=O) groups excluding carboxylic acids is 1. The van der Waals surface area contributed by atoms with Crippen LogP contribution in [-0.4, -0.2) is 38.0 Å². The van der Waals surface area contributed by atoms with Crippen LogP contribution in [-0.2, 0) is 10.3 Å². The number of carbonyl (C=O) groups is 1. The molecule has 0 spiro atoms. The topological polar surface area (TPSA) is 107 Å². The molecule has 2 N–H and O–H groups in total. The van der Waals surface area contributed by atoms with Crippen LogP contribution in [0.5, 0.6) is 0 Å². The van der Waals surface area contributed by atoms with Crippen molar-refractivity contribution >= 4 is 17.7 Å². The van der Waals surface area contributed by atoms with Gasteiger partial charge in [-0.3, -0.25) is 0 Å². The Balaban J connectivity index is 1.48. The fourth-order valence-electron chi connectivity index (χ4n) is 4.04. The van der Waals surface area contributed by atoms with Crippen LogP contribution >= 0.6 is 0 Å². The maximum atomic E-state index is 12.0. The van der Waals surface area contributed by atoms with Gasteiger partial charge in [-0.05, 0) is 66.0 Å². The van der Waals surface area contributed by atoms with Crippen LogP contribution in [0.4, 0.5) is 16.4 Å². The minimum atomic E-state index is -0.349. The van der Waals surface area contributed by atoms with E-state index in [0.29, 0.717) is 11.6 Å². The summed E-state index contributed by atoms with van der Waals surface area (Å²) in [4.78, 5) is 20.4. The zero-order valence-electron chi connectivity index (χ0n) is 19.8. The molecule has 1 aliphatic rings. The maximum Gasteiger partial charge on any atom is 0.407 e. The SMILES string of the molecule is CC(C)NC(=O)O[C@@H]1CC[C@H](c2cc(Nc3ccc(-c4cnco4)cn3)n(C(C)(C)C)n2)C1. The lowest BCUT2D eigenvalue weighted by Crippen LogP contribution is -2.33. The zero-order chi connectivity index (χ0) is 23.6. The minimum absolute atomic E-state index is 0.0595. The van der Waals surface area contributed by atoms with Gasteiger partial charge in [0.05, 0.1) is 17.4 Å². The molecule has 9 heteroatoms. The second-order valence-electron chi connectivity index (χ2n) is 9.80. The monoisotopic (exact) mass is 452 g/mol. The number of hydrogen-bond acceptors (Lipinski definition) is 7. The average Bonchev–Trinajstić information content (AvgIpc) is 3.48. The Morgan fingerprint density at radius 3 is 2.70 bits per heavy atom. The van der Waals surface area contributed by atoms with Crippen LogP contribution in [0.15, 0.2) is 41.4 Å². The summed E-state index contributed by atoms with van der Waals surface area (Å²) < 4.78 is 12.9. The summed E-state index contributed by atoms with van der Waals surface area (Å²) in [6.07, 6.45) is 6.93. The Hall–Kier alpha value is -3.36. The fraction of sp³-hybridized carbons (Fsp3) is 0.500. The number of aromatic nitrogens is 4. The molecule has 0 saturated heterocycles. The molecule has 0 bridgehead atoms. The molecule has 9 nitrogen and oxygen atoms in total. The van der Waals surface area contributed by atoms with Crippen molar-refractivity contribution in [2.75, 3.05) is 5.32 Å². The summed E-state index contributed by atoms with van der Waals surface area (Å²) in [5, 5.41) is 11.1. The molecule has 0 unspecified atom stereocenters. The number of rotatable bonds is 6. The van der Waals surface area contributed by atoms with Crippen molar-refractivity contribution in [3.8, 4) is 11.3 Å². The number of ether oxygens (including phenoxy) is 1. The Morgan fingerprint density at radius 2 is 2.06 bits per heavy atom. The number of oxazole rings is 1. The Kier molecular flexibility index (Phi) is 6.40. The van der Waals surface area contributed by atoms with Crippen LogP contribution in [0.2, 0.25) is 0 Å². The first-order valence-corrected chi connectivity index (χ1v) is 11.4. The smallest absolute Gasteiger partial charge is 0.407 e. The molecule has 176 valence electrons. The highest BCUT2D eigenvalue weighted by Gasteiger charge is 2.32. The molecule has 3 heterocycles. The quantitative estimate of drug-likeness (QED) is 0.529. The summed E-state index contributed by atoms with van der Waals surface area (Å²) in [5.41, 5.74) is 1.65. The van der Waals surface area contributed by atoms with Crippen molar-refractivity contribution in [1.29, 1.82) is 0 Å². The van der Waals surface area contributed by atoms with Gasteiger partial charge in [0.15, 0.2) is 12.2 Å². The van der Waals surface area contributed by atoms with E-state index in [0.717, 1.165) is 36.3 Å². The number of nitrogens with one attached hydrogen (secondary N) is 2. The molecule has 1 saturated carbocycles. The number of nitrogens with zero attached hydrogens (tertiary/aromatic N) is 4. The molecule has 1 fully saturated rings. The van der Waals surface area contributed by atoms with Crippen molar-refractivity contribution in [2.45, 2.75) is 77.5 Å². The van der Waals surface area contributed by atoms with Crippen LogP contribution in [0, 0.1) is 0 Å². The van der Waals surface area contributed by atoms with Crippen LogP contribution in [0.25, 0.3) is 11.3 Å². The fourth-order valence-corrected chi connectivity index (χ4v) is 4.04. The highest BCUT2D eigenvalue weighted by molar-refractivity contribution is 5.67. The molecular formula is C24H32N6O3. The van der Waals surface area contributed by atoms with Crippen molar-refractivity contribution in [2.24, 2.45) is 0 Å². The highest BCUT2D eigenvalue weighted by atomic mass is 16.6. The second-order valence-corrected chi connectivity index (χ2v) is 9.80. The molecule has 1 aliphatic carbocycles. The van der Waals surface area contributed by atoms with E-state index < -0.39 is 0 Å². The van der Waals surface area contributed by atoms with Crippen molar-refractivity contribution < 1.29 is 13.9 Å². The van der Waals surface area contributed by atoms with Gasteiger partial charge in [0.1, 0.15) is 17.7 Å². The summed E-state index contributed by atoms with van der Waals surface area (Å²) >= 11 is 0. The first-order valence-electron chi connectivity index (χ1n) is 11.4. The molecule has 3 aromatic heterocycles. The van der Waals surface area contributed by atoms with E-state index in [4.69, 9.17) is 14.3 Å². The number of pyridine rings is 1. The van der Waals surface area contributed by atoms with E-state index in [1.807, 2.05) is 30.7 Å². The lowest BCUT2D eigenvalue weighted by atomic mass is 10.0. The zero-order valence-corrected chi connectivity index (χ0v) is 19.8. The Morgan fingerprint density at radius 1 is 1.24 bits per heavy atom. The molecule has 4 rings (SSSR count). The Labute approximate surface area is 193 Å². The minimum Gasteiger partial charge on any atom is -0.446 e. The number of hydrogen-bond donors (Lipinski definition) is 2.